The molecule has 1 saturated carbocycles. The Hall–Kier alpha value is -0.400. The predicted molar refractivity (Wildman–Crippen MR) is 26.5 cm³/mol. The minimum atomic E-state index is 0.377. The lowest BCUT2D eigenvalue weighted by atomic mass is 10.2. The Morgan fingerprint density at radius 2 is 2.29 bits per heavy atom. The molecule has 0 unspecified atom stereocenters. The smallest absolute Gasteiger partial charge is 0.0534 e. The van der Waals surface area contributed by atoms with Crippen LogP contribution in [0.1, 0.15) is 19.8 Å². The third kappa shape index (κ3) is 0.981. The zero-order chi connectivity index (χ0) is 5.33. The van der Waals surface area contributed by atoms with E-state index in [9.17, 15) is 4.91 Å². The van der Waals surface area contributed by atoms with Crippen LogP contribution < -0.4 is 5.18 Å². The van der Waals surface area contributed by atoms with Gasteiger partial charge in [0.05, 0.1) is 0 Å². The first-order chi connectivity index (χ1) is 3.27. The van der Waals surface area contributed by atoms with Gasteiger partial charge in [0.1, 0.15) is 0 Å². The topological polar surface area (TPSA) is 31.0 Å². The second-order valence-electron chi connectivity index (χ2n) is 2.63. The molecule has 2 nitrogen and oxygen atoms in total. The van der Waals surface area contributed by atoms with Gasteiger partial charge in [-0.2, -0.15) is 0 Å². The summed E-state index contributed by atoms with van der Waals surface area (Å²) in [5.41, 5.74) is 0.377. The van der Waals surface area contributed by atoms with Crippen LogP contribution in [0.25, 0.3) is 0 Å². The van der Waals surface area contributed by atoms with Gasteiger partial charge in [0, 0.05) is 10.3 Å². The van der Waals surface area contributed by atoms with E-state index in [1.54, 1.807) is 0 Å². The van der Waals surface area contributed by atoms with Gasteiger partial charge in [-0.15, -0.1) is 0 Å². The first-order valence-electron chi connectivity index (χ1n) is 2.62. The largest absolute Gasteiger partial charge is 0.194 e. The molecule has 1 fully saturated rings. The van der Waals surface area contributed by atoms with E-state index >= 15 is 0 Å². The molecule has 0 saturated heterocycles. The maximum absolute atomic E-state index is 9.74. The van der Waals surface area contributed by atoms with E-state index in [4.69, 9.17) is 0 Å². The van der Waals surface area contributed by atoms with E-state index in [0.29, 0.717) is 12.0 Å². The minimum absolute atomic E-state index is 0.377. The minimum Gasteiger partial charge on any atom is -0.0534 e. The third-order valence-electron chi connectivity index (χ3n) is 1.60. The van der Waals surface area contributed by atoms with E-state index in [0.717, 1.165) is 0 Å². The van der Waals surface area contributed by atoms with Crippen molar-refractivity contribution < 1.29 is 5.18 Å². The van der Waals surface area contributed by atoms with Crippen molar-refractivity contribution in [2.75, 3.05) is 6.54 Å². The molecule has 0 radical (unpaired) electrons. The van der Waals surface area contributed by atoms with Crippen LogP contribution in [0.15, 0.2) is 0 Å². The molecule has 0 spiro atoms. The molecule has 0 atom stereocenters. The maximum atomic E-state index is 9.74. The highest BCUT2D eigenvalue weighted by Gasteiger charge is 2.40. The SMILES string of the molecule is CC1(C[NH+]=O)CC1. The molecule has 7 heavy (non-hydrogen) atoms. The number of hydrogen-bond acceptors (Lipinski definition) is 1. The average Bonchev–Trinajstić information content (AvgIpc) is 2.22. The van der Waals surface area contributed by atoms with Crippen molar-refractivity contribution in [3.8, 4) is 0 Å². The van der Waals surface area contributed by atoms with Crippen molar-refractivity contribution >= 4 is 0 Å². The number of nitroso groups, excluding NO2 is 1. The van der Waals surface area contributed by atoms with Crippen molar-refractivity contribution in [3.05, 3.63) is 4.91 Å². The van der Waals surface area contributed by atoms with Crippen molar-refractivity contribution in [1.29, 1.82) is 0 Å². The molecular formula is C5H10NO+. The lowest BCUT2D eigenvalue weighted by Crippen LogP contribution is -2.66. The molecule has 1 aliphatic carbocycles. The standard InChI is InChI=1S/C5H9NO/c1-5(2-3-5)4-6-7/h2-4H2,1H3/p+1. The van der Waals surface area contributed by atoms with E-state index < -0.39 is 0 Å². The average molecular weight is 100 g/mol. The monoisotopic (exact) mass is 100 g/mol. The Balaban J connectivity index is 2.25. The Morgan fingerprint density at radius 3 is 2.43 bits per heavy atom. The summed E-state index contributed by atoms with van der Waals surface area (Å²) in [5, 5.41) is 1.92. The molecule has 0 heterocycles. The highest BCUT2D eigenvalue weighted by molar-refractivity contribution is 4.86. The van der Waals surface area contributed by atoms with Gasteiger partial charge in [0.15, 0.2) is 6.54 Å². The van der Waals surface area contributed by atoms with Gasteiger partial charge in [0.2, 0.25) is 0 Å². The fourth-order valence-electron chi connectivity index (χ4n) is 0.564. The normalized spacial score (nSPS) is 24.1. The summed E-state index contributed by atoms with van der Waals surface area (Å²) in [4.78, 5) is 9.74. The Labute approximate surface area is 42.9 Å². The van der Waals surface area contributed by atoms with Crippen molar-refractivity contribution in [2.24, 2.45) is 5.41 Å². The number of rotatable bonds is 2. The third-order valence-corrected chi connectivity index (χ3v) is 1.60. The lowest BCUT2D eigenvalue weighted by Gasteiger charge is -1.89. The number of nitrogens with one attached hydrogen (secondary N) is 1. The first-order valence-corrected chi connectivity index (χ1v) is 2.62. The van der Waals surface area contributed by atoms with Crippen LogP contribution in [0, 0.1) is 10.3 Å². The van der Waals surface area contributed by atoms with E-state index in [1.165, 1.54) is 12.8 Å². The molecule has 1 rings (SSSR count). The highest BCUT2D eigenvalue weighted by atomic mass is 16.3. The van der Waals surface area contributed by atoms with Gasteiger partial charge >= 0.3 is 0 Å². The molecular weight excluding hydrogens is 90.1 g/mol. The second kappa shape index (κ2) is 1.29. The molecule has 0 aromatic rings. The van der Waals surface area contributed by atoms with Crippen LogP contribution in [0.3, 0.4) is 0 Å². The van der Waals surface area contributed by atoms with Crippen LogP contribution in [0.4, 0.5) is 0 Å². The summed E-state index contributed by atoms with van der Waals surface area (Å²) in [7, 11) is 0. The Bertz CT molecular complexity index is 86.1. The van der Waals surface area contributed by atoms with Crippen molar-refractivity contribution in [2.45, 2.75) is 19.8 Å². The fourth-order valence-corrected chi connectivity index (χ4v) is 0.564. The summed E-state index contributed by atoms with van der Waals surface area (Å²) in [5.74, 6) is 0. The van der Waals surface area contributed by atoms with Crippen LogP contribution in [0.2, 0.25) is 0 Å². The van der Waals surface area contributed by atoms with Gasteiger partial charge in [-0.1, -0.05) is 6.92 Å². The Morgan fingerprint density at radius 1 is 1.71 bits per heavy atom. The molecule has 0 aliphatic heterocycles. The van der Waals surface area contributed by atoms with Gasteiger partial charge in [0.25, 0.3) is 0 Å². The van der Waals surface area contributed by atoms with Crippen LogP contribution in [0.5, 0.6) is 0 Å². The molecule has 0 aromatic carbocycles. The van der Waals surface area contributed by atoms with Crippen molar-refractivity contribution in [3.63, 3.8) is 0 Å². The van der Waals surface area contributed by atoms with Gasteiger partial charge in [-0.05, 0) is 18.0 Å². The summed E-state index contributed by atoms with van der Waals surface area (Å²) >= 11 is 0. The maximum Gasteiger partial charge on any atom is 0.194 e. The summed E-state index contributed by atoms with van der Waals surface area (Å²) in [6, 6.07) is 0. The highest BCUT2D eigenvalue weighted by Crippen LogP contribution is 2.42. The molecule has 1 aliphatic rings. The van der Waals surface area contributed by atoms with Gasteiger partial charge in [-0.3, -0.25) is 0 Å². The number of hydrogen-bond donors (Lipinski definition) is 1. The second-order valence-corrected chi connectivity index (χ2v) is 2.63. The summed E-state index contributed by atoms with van der Waals surface area (Å²) in [6.45, 7) is 2.77. The van der Waals surface area contributed by atoms with Crippen LogP contribution >= 0.6 is 0 Å². The summed E-state index contributed by atoms with van der Waals surface area (Å²) < 4.78 is 0. The van der Waals surface area contributed by atoms with Gasteiger partial charge in [-0.25, -0.2) is 0 Å². The molecule has 2 heteroatoms. The molecule has 0 bridgehead atoms. The predicted octanol–water partition coefficient (Wildman–Crippen LogP) is -0.367. The van der Waals surface area contributed by atoms with Gasteiger partial charge < -0.3 is 0 Å². The summed E-state index contributed by atoms with van der Waals surface area (Å²) in [6.07, 6.45) is 2.45. The molecule has 0 amide bonds. The first kappa shape index (κ1) is 4.75. The zero-order valence-electron chi connectivity index (χ0n) is 4.53. The van der Waals surface area contributed by atoms with Crippen LogP contribution in [-0.4, -0.2) is 6.54 Å². The lowest BCUT2D eigenvalue weighted by molar-refractivity contribution is -0.491. The van der Waals surface area contributed by atoms with Crippen molar-refractivity contribution in [1.82, 2.24) is 0 Å². The molecule has 1 N–H and O–H groups in total. The molecule has 40 valence electrons. The zero-order valence-corrected chi connectivity index (χ0v) is 4.53. The van der Waals surface area contributed by atoms with E-state index in [1.807, 2.05) is 5.18 Å². The van der Waals surface area contributed by atoms with Crippen LogP contribution in [-0.2, 0) is 0 Å². The fraction of sp³-hybridized carbons (Fsp3) is 1.00. The Kier molecular flexibility index (Phi) is 0.873. The molecule has 0 aromatic heterocycles. The van der Waals surface area contributed by atoms with E-state index in [2.05, 4.69) is 6.92 Å². The quantitative estimate of drug-likeness (QED) is 0.504. The van der Waals surface area contributed by atoms with E-state index in [-0.39, 0.29) is 0 Å².